The Morgan fingerprint density at radius 2 is 1.76 bits per heavy atom. The van der Waals surface area contributed by atoms with Crippen molar-refractivity contribution < 1.29 is 0 Å². The minimum atomic E-state index is 0.286. The molecular weight excluding hydrogens is 256 g/mol. The molecule has 0 aliphatic carbocycles. The molecule has 21 heavy (non-hydrogen) atoms. The summed E-state index contributed by atoms with van der Waals surface area (Å²) in [4.78, 5) is 2.37. The van der Waals surface area contributed by atoms with Crippen LogP contribution in [0.2, 0.25) is 0 Å². The summed E-state index contributed by atoms with van der Waals surface area (Å²) in [6.45, 7) is 5.97. The third kappa shape index (κ3) is 4.16. The quantitative estimate of drug-likeness (QED) is 0.879. The van der Waals surface area contributed by atoms with Crippen molar-refractivity contribution in [3.8, 4) is 0 Å². The molecule has 0 spiro atoms. The highest BCUT2D eigenvalue weighted by Gasteiger charge is 2.17. The van der Waals surface area contributed by atoms with Crippen molar-refractivity contribution in [2.75, 3.05) is 20.1 Å². The van der Waals surface area contributed by atoms with Gasteiger partial charge in [-0.1, -0.05) is 54.1 Å². The molecule has 0 fully saturated rings. The second kappa shape index (κ2) is 7.39. The first-order valence-electron chi connectivity index (χ1n) is 7.63. The van der Waals surface area contributed by atoms with Gasteiger partial charge in [0.05, 0.1) is 0 Å². The van der Waals surface area contributed by atoms with Crippen molar-refractivity contribution in [2.24, 2.45) is 5.73 Å². The van der Waals surface area contributed by atoms with E-state index in [1.807, 2.05) is 0 Å². The van der Waals surface area contributed by atoms with Crippen LogP contribution in [0.5, 0.6) is 0 Å². The van der Waals surface area contributed by atoms with Gasteiger partial charge in [-0.3, -0.25) is 4.90 Å². The molecule has 0 radical (unpaired) electrons. The van der Waals surface area contributed by atoms with E-state index < -0.39 is 0 Å². The molecule has 0 bridgehead atoms. The maximum atomic E-state index is 6.04. The lowest BCUT2D eigenvalue weighted by atomic mass is 9.98. The zero-order valence-electron chi connectivity index (χ0n) is 13.3. The molecule has 0 saturated heterocycles. The highest BCUT2D eigenvalue weighted by molar-refractivity contribution is 5.33. The standard InChI is InChI=1S/C19H26N2/c1-15-9-10-18(16(2)13-15)19(14-20)21(3)12-11-17-7-5-4-6-8-17/h4-10,13,19H,11-12,14,20H2,1-3H3. The van der Waals surface area contributed by atoms with Gasteiger partial charge in [-0.05, 0) is 44.0 Å². The monoisotopic (exact) mass is 282 g/mol. The first-order chi connectivity index (χ1) is 10.1. The number of benzene rings is 2. The molecule has 0 heterocycles. The second-order valence-electron chi connectivity index (χ2n) is 5.83. The van der Waals surface area contributed by atoms with E-state index in [9.17, 15) is 0 Å². The van der Waals surface area contributed by atoms with Crippen molar-refractivity contribution in [3.05, 3.63) is 70.8 Å². The Balaban J connectivity index is 2.06. The van der Waals surface area contributed by atoms with Crippen LogP contribution in [0.4, 0.5) is 0 Å². The number of nitrogens with zero attached hydrogens (tertiary/aromatic N) is 1. The molecule has 0 aromatic heterocycles. The Morgan fingerprint density at radius 3 is 2.38 bits per heavy atom. The first kappa shape index (κ1) is 15.7. The zero-order valence-corrected chi connectivity index (χ0v) is 13.3. The molecular formula is C19H26N2. The predicted octanol–water partition coefficient (Wildman–Crippen LogP) is 3.48. The molecule has 2 heteroatoms. The topological polar surface area (TPSA) is 29.3 Å². The predicted molar refractivity (Wildman–Crippen MR) is 90.5 cm³/mol. The largest absolute Gasteiger partial charge is 0.329 e. The summed E-state index contributed by atoms with van der Waals surface area (Å²) >= 11 is 0. The van der Waals surface area contributed by atoms with Gasteiger partial charge in [-0.2, -0.15) is 0 Å². The number of likely N-dealkylation sites (N-methyl/N-ethyl adjacent to an activating group) is 1. The average Bonchev–Trinajstić information content (AvgIpc) is 2.49. The third-order valence-corrected chi connectivity index (χ3v) is 4.14. The molecule has 2 aromatic rings. The molecule has 1 unspecified atom stereocenters. The SMILES string of the molecule is Cc1ccc(C(CN)N(C)CCc2ccccc2)c(C)c1. The molecule has 2 nitrogen and oxygen atoms in total. The van der Waals surface area contributed by atoms with Gasteiger partial charge in [0.15, 0.2) is 0 Å². The van der Waals surface area contributed by atoms with E-state index in [1.54, 1.807) is 0 Å². The fourth-order valence-corrected chi connectivity index (χ4v) is 2.85. The van der Waals surface area contributed by atoms with E-state index >= 15 is 0 Å². The fraction of sp³-hybridized carbons (Fsp3) is 0.368. The van der Waals surface area contributed by atoms with Gasteiger partial charge in [-0.25, -0.2) is 0 Å². The van der Waals surface area contributed by atoms with Crippen LogP contribution in [0, 0.1) is 13.8 Å². The Kier molecular flexibility index (Phi) is 5.54. The van der Waals surface area contributed by atoms with Crippen molar-refractivity contribution >= 4 is 0 Å². The van der Waals surface area contributed by atoms with E-state index in [0.29, 0.717) is 6.54 Å². The highest BCUT2D eigenvalue weighted by atomic mass is 15.1. The van der Waals surface area contributed by atoms with E-state index in [2.05, 4.69) is 74.3 Å². The Morgan fingerprint density at radius 1 is 1.05 bits per heavy atom. The number of hydrogen-bond acceptors (Lipinski definition) is 2. The summed E-state index contributed by atoms with van der Waals surface area (Å²) in [5.74, 6) is 0. The molecule has 2 aromatic carbocycles. The van der Waals surface area contributed by atoms with Gasteiger partial charge in [0.2, 0.25) is 0 Å². The Hall–Kier alpha value is -1.64. The van der Waals surface area contributed by atoms with Crippen molar-refractivity contribution in [1.82, 2.24) is 4.90 Å². The van der Waals surface area contributed by atoms with Gasteiger partial charge < -0.3 is 5.73 Å². The first-order valence-corrected chi connectivity index (χ1v) is 7.63. The number of rotatable bonds is 6. The molecule has 1 atom stereocenters. The van der Waals surface area contributed by atoms with Crippen LogP contribution in [-0.4, -0.2) is 25.0 Å². The van der Waals surface area contributed by atoms with Crippen LogP contribution in [0.15, 0.2) is 48.5 Å². The molecule has 2 rings (SSSR count). The molecule has 112 valence electrons. The smallest absolute Gasteiger partial charge is 0.0470 e. The van der Waals surface area contributed by atoms with Crippen molar-refractivity contribution in [3.63, 3.8) is 0 Å². The molecule has 0 amide bonds. The average molecular weight is 282 g/mol. The van der Waals surface area contributed by atoms with E-state index in [-0.39, 0.29) is 6.04 Å². The van der Waals surface area contributed by atoms with Crippen LogP contribution in [0.3, 0.4) is 0 Å². The third-order valence-electron chi connectivity index (χ3n) is 4.14. The van der Waals surface area contributed by atoms with Gasteiger partial charge in [0.25, 0.3) is 0 Å². The highest BCUT2D eigenvalue weighted by Crippen LogP contribution is 2.23. The van der Waals surface area contributed by atoms with Crippen molar-refractivity contribution in [1.29, 1.82) is 0 Å². The van der Waals surface area contributed by atoms with Gasteiger partial charge >= 0.3 is 0 Å². The minimum absolute atomic E-state index is 0.286. The van der Waals surface area contributed by atoms with Gasteiger partial charge in [0, 0.05) is 19.1 Å². The number of hydrogen-bond donors (Lipinski definition) is 1. The maximum Gasteiger partial charge on any atom is 0.0470 e. The normalized spacial score (nSPS) is 12.6. The van der Waals surface area contributed by atoms with Gasteiger partial charge in [0.1, 0.15) is 0 Å². The summed E-state index contributed by atoms with van der Waals surface area (Å²) in [6.07, 6.45) is 1.05. The Bertz CT molecular complexity index is 563. The lowest BCUT2D eigenvalue weighted by Crippen LogP contribution is -2.32. The van der Waals surface area contributed by atoms with Crippen LogP contribution < -0.4 is 5.73 Å². The lowest BCUT2D eigenvalue weighted by molar-refractivity contribution is 0.252. The summed E-state index contributed by atoms with van der Waals surface area (Å²) < 4.78 is 0. The molecule has 0 aliphatic heterocycles. The van der Waals surface area contributed by atoms with Crippen LogP contribution >= 0.6 is 0 Å². The molecule has 2 N–H and O–H groups in total. The van der Waals surface area contributed by atoms with E-state index in [1.165, 1.54) is 22.3 Å². The van der Waals surface area contributed by atoms with Crippen molar-refractivity contribution in [2.45, 2.75) is 26.3 Å². The van der Waals surface area contributed by atoms with Crippen LogP contribution in [0.1, 0.15) is 28.3 Å². The Labute approximate surface area is 128 Å². The fourth-order valence-electron chi connectivity index (χ4n) is 2.85. The molecule has 0 saturated carbocycles. The van der Waals surface area contributed by atoms with Crippen LogP contribution in [0.25, 0.3) is 0 Å². The summed E-state index contributed by atoms with van der Waals surface area (Å²) in [7, 11) is 2.17. The summed E-state index contributed by atoms with van der Waals surface area (Å²) in [6, 6.07) is 17.5. The molecule has 0 aliphatic rings. The minimum Gasteiger partial charge on any atom is -0.329 e. The second-order valence-corrected chi connectivity index (χ2v) is 5.83. The summed E-state index contributed by atoms with van der Waals surface area (Å²) in [5.41, 5.74) is 11.4. The zero-order chi connectivity index (χ0) is 15.2. The lowest BCUT2D eigenvalue weighted by Gasteiger charge is -2.28. The number of nitrogens with two attached hydrogens (primary N) is 1. The van der Waals surface area contributed by atoms with Crippen LogP contribution in [-0.2, 0) is 6.42 Å². The summed E-state index contributed by atoms with van der Waals surface area (Å²) in [5, 5.41) is 0. The van der Waals surface area contributed by atoms with Gasteiger partial charge in [-0.15, -0.1) is 0 Å². The maximum absolute atomic E-state index is 6.04. The van der Waals surface area contributed by atoms with E-state index in [4.69, 9.17) is 5.73 Å². The van der Waals surface area contributed by atoms with E-state index in [0.717, 1.165) is 13.0 Å². The number of aryl methyl sites for hydroxylation is 2.